The molecule has 0 fully saturated rings. The predicted octanol–water partition coefficient (Wildman–Crippen LogP) is 1.37. The van der Waals surface area contributed by atoms with E-state index in [1.54, 1.807) is 12.1 Å². The van der Waals surface area contributed by atoms with Gasteiger partial charge in [-0.25, -0.2) is 8.42 Å². The quantitative estimate of drug-likeness (QED) is 0.639. The Morgan fingerprint density at radius 1 is 1.12 bits per heavy atom. The Kier molecular flexibility index (Phi) is 8.05. The lowest BCUT2D eigenvalue weighted by molar-refractivity contribution is -0.149. The van der Waals surface area contributed by atoms with Crippen LogP contribution in [0.4, 0.5) is 0 Å². The monoisotopic (exact) mass is 370 g/mol. The first-order chi connectivity index (χ1) is 11.6. The number of aryl methyl sites for hydroxylation is 1. The van der Waals surface area contributed by atoms with Gasteiger partial charge < -0.3 is 10.1 Å². The normalized spacial score (nSPS) is 12.7. The van der Waals surface area contributed by atoms with Crippen molar-refractivity contribution in [1.29, 1.82) is 0 Å². The number of nitrogens with one attached hydrogen (secondary N) is 2. The van der Waals surface area contributed by atoms with E-state index >= 15 is 0 Å². The number of ether oxygens (including phenoxy) is 1. The Morgan fingerprint density at radius 2 is 1.72 bits per heavy atom. The minimum Gasteiger partial charge on any atom is -0.454 e. The highest BCUT2D eigenvalue weighted by Gasteiger charge is 2.23. The Hall–Kier alpha value is -1.93. The van der Waals surface area contributed by atoms with Crippen LogP contribution in [0.25, 0.3) is 0 Å². The zero-order chi connectivity index (χ0) is 19.0. The summed E-state index contributed by atoms with van der Waals surface area (Å²) in [6, 6.07) is 5.14. The molecule has 1 atom stereocenters. The van der Waals surface area contributed by atoms with E-state index in [4.69, 9.17) is 4.74 Å². The third-order valence-corrected chi connectivity index (χ3v) is 4.96. The smallest absolute Gasteiger partial charge is 0.324 e. The molecule has 0 aliphatic heterocycles. The number of carbonyl (C=O) groups is 2. The highest BCUT2D eigenvalue weighted by molar-refractivity contribution is 7.89. The van der Waals surface area contributed by atoms with Gasteiger partial charge in [0.1, 0.15) is 6.04 Å². The van der Waals surface area contributed by atoms with Crippen LogP contribution in [-0.4, -0.2) is 39.5 Å². The number of esters is 1. The van der Waals surface area contributed by atoms with Gasteiger partial charge in [-0.2, -0.15) is 4.72 Å². The number of rotatable bonds is 9. The number of hydrogen-bond donors (Lipinski definition) is 2. The second kappa shape index (κ2) is 9.53. The predicted molar refractivity (Wildman–Crippen MR) is 94.4 cm³/mol. The minimum atomic E-state index is -3.83. The molecule has 1 aromatic rings. The minimum absolute atomic E-state index is 0.0594. The average molecular weight is 370 g/mol. The Labute approximate surface area is 149 Å². The first kappa shape index (κ1) is 21.1. The van der Waals surface area contributed by atoms with Crippen molar-refractivity contribution in [3.05, 3.63) is 29.8 Å². The SMILES string of the molecule is Cc1ccc(S(=O)(=O)N[C@@H](C)C(=O)OCC(=O)NCCC(C)C)cc1. The van der Waals surface area contributed by atoms with E-state index in [9.17, 15) is 18.0 Å². The molecule has 7 nitrogen and oxygen atoms in total. The zero-order valence-corrected chi connectivity index (χ0v) is 15.9. The van der Waals surface area contributed by atoms with Crippen LogP contribution >= 0.6 is 0 Å². The topological polar surface area (TPSA) is 102 Å². The summed E-state index contributed by atoms with van der Waals surface area (Å²) in [5, 5.41) is 2.63. The molecule has 0 aliphatic carbocycles. The molecule has 8 heteroatoms. The number of carbonyl (C=O) groups excluding carboxylic acids is 2. The summed E-state index contributed by atoms with van der Waals surface area (Å²) in [4.78, 5) is 23.5. The first-order valence-corrected chi connectivity index (χ1v) is 9.62. The van der Waals surface area contributed by atoms with Crippen LogP contribution in [0.2, 0.25) is 0 Å². The zero-order valence-electron chi connectivity index (χ0n) is 15.0. The fraction of sp³-hybridized carbons (Fsp3) is 0.529. The molecule has 0 aromatic heterocycles. The summed E-state index contributed by atoms with van der Waals surface area (Å²) in [5.74, 6) is -0.767. The van der Waals surface area contributed by atoms with Gasteiger partial charge >= 0.3 is 5.97 Å². The maximum atomic E-state index is 12.2. The molecule has 0 spiro atoms. The van der Waals surface area contributed by atoms with E-state index in [0.29, 0.717) is 12.5 Å². The van der Waals surface area contributed by atoms with Gasteiger partial charge in [-0.05, 0) is 38.3 Å². The fourth-order valence-electron chi connectivity index (χ4n) is 1.88. The standard InChI is InChI=1S/C17H26N2O5S/c1-12(2)9-10-18-16(20)11-24-17(21)14(4)19-25(22,23)15-7-5-13(3)6-8-15/h5-8,12,14,19H,9-11H2,1-4H3,(H,18,20)/t14-/m0/s1. The molecule has 0 unspecified atom stereocenters. The van der Waals surface area contributed by atoms with E-state index in [2.05, 4.69) is 10.0 Å². The van der Waals surface area contributed by atoms with Crippen LogP contribution in [0.15, 0.2) is 29.2 Å². The number of benzene rings is 1. The molecular weight excluding hydrogens is 344 g/mol. The average Bonchev–Trinajstić information content (AvgIpc) is 2.52. The van der Waals surface area contributed by atoms with Crippen LogP contribution in [0, 0.1) is 12.8 Å². The van der Waals surface area contributed by atoms with Gasteiger partial charge in [0.2, 0.25) is 10.0 Å². The maximum absolute atomic E-state index is 12.2. The number of hydrogen-bond acceptors (Lipinski definition) is 5. The molecule has 25 heavy (non-hydrogen) atoms. The maximum Gasteiger partial charge on any atom is 0.324 e. The van der Waals surface area contributed by atoms with Gasteiger partial charge in [-0.3, -0.25) is 9.59 Å². The summed E-state index contributed by atoms with van der Waals surface area (Å²) in [6.45, 7) is 7.35. The summed E-state index contributed by atoms with van der Waals surface area (Å²) in [7, 11) is -3.83. The van der Waals surface area contributed by atoms with Crippen molar-refractivity contribution in [1.82, 2.24) is 10.0 Å². The summed E-state index contributed by atoms with van der Waals surface area (Å²) >= 11 is 0. The Bertz CT molecular complexity index is 683. The fourth-order valence-corrected chi connectivity index (χ4v) is 3.07. The molecule has 0 saturated carbocycles. The van der Waals surface area contributed by atoms with E-state index < -0.39 is 34.5 Å². The Morgan fingerprint density at radius 3 is 2.28 bits per heavy atom. The van der Waals surface area contributed by atoms with E-state index in [0.717, 1.165) is 12.0 Å². The third-order valence-electron chi connectivity index (χ3n) is 3.41. The lowest BCUT2D eigenvalue weighted by Gasteiger charge is -2.14. The van der Waals surface area contributed by atoms with Gasteiger partial charge in [0, 0.05) is 6.54 Å². The highest BCUT2D eigenvalue weighted by atomic mass is 32.2. The van der Waals surface area contributed by atoms with Crippen LogP contribution < -0.4 is 10.0 Å². The number of sulfonamides is 1. The van der Waals surface area contributed by atoms with Crippen molar-refractivity contribution in [3.8, 4) is 0 Å². The molecule has 2 N–H and O–H groups in total. The van der Waals surface area contributed by atoms with Gasteiger partial charge in [0.05, 0.1) is 4.90 Å². The second-order valence-electron chi connectivity index (χ2n) is 6.30. The van der Waals surface area contributed by atoms with Crippen molar-refractivity contribution < 1.29 is 22.7 Å². The summed E-state index contributed by atoms with van der Waals surface area (Å²) in [5.41, 5.74) is 0.926. The van der Waals surface area contributed by atoms with Crippen LogP contribution in [0.1, 0.15) is 32.8 Å². The molecule has 1 aromatic carbocycles. The van der Waals surface area contributed by atoms with Crippen molar-refractivity contribution in [2.45, 2.75) is 45.1 Å². The van der Waals surface area contributed by atoms with Crippen molar-refractivity contribution in [2.75, 3.05) is 13.2 Å². The van der Waals surface area contributed by atoms with Crippen LogP contribution in [0.3, 0.4) is 0 Å². The lowest BCUT2D eigenvalue weighted by Crippen LogP contribution is -2.41. The third kappa shape index (κ3) is 7.66. The van der Waals surface area contributed by atoms with Crippen molar-refractivity contribution in [3.63, 3.8) is 0 Å². The molecule has 1 amide bonds. The largest absolute Gasteiger partial charge is 0.454 e. The number of amides is 1. The molecular formula is C17H26N2O5S. The van der Waals surface area contributed by atoms with Gasteiger partial charge in [0.25, 0.3) is 5.91 Å². The van der Waals surface area contributed by atoms with Gasteiger partial charge in [-0.1, -0.05) is 31.5 Å². The van der Waals surface area contributed by atoms with Gasteiger partial charge in [0.15, 0.2) is 6.61 Å². The van der Waals surface area contributed by atoms with Crippen LogP contribution in [-0.2, 0) is 24.3 Å². The Balaban J connectivity index is 2.48. The molecule has 1 rings (SSSR count). The van der Waals surface area contributed by atoms with Gasteiger partial charge in [-0.15, -0.1) is 0 Å². The molecule has 0 heterocycles. The molecule has 140 valence electrons. The summed E-state index contributed by atoms with van der Waals surface area (Å²) in [6.07, 6.45) is 0.826. The highest BCUT2D eigenvalue weighted by Crippen LogP contribution is 2.10. The molecule has 0 aliphatic rings. The van der Waals surface area contributed by atoms with Crippen molar-refractivity contribution in [2.24, 2.45) is 5.92 Å². The van der Waals surface area contributed by atoms with E-state index in [-0.39, 0.29) is 4.90 Å². The van der Waals surface area contributed by atoms with Crippen molar-refractivity contribution >= 4 is 21.9 Å². The lowest BCUT2D eigenvalue weighted by atomic mass is 10.1. The molecule has 0 bridgehead atoms. The van der Waals surface area contributed by atoms with E-state index in [1.807, 2.05) is 20.8 Å². The molecule has 0 radical (unpaired) electrons. The summed E-state index contributed by atoms with van der Waals surface area (Å²) < 4.78 is 31.5. The first-order valence-electron chi connectivity index (χ1n) is 8.14. The van der Waals surface area contributed by atoms with E-state index in [1.165, 1.54) is 19.1 Å². The molecule has 0 saturated heterocycles. The second-order valence-corrected chi connectivity index (χ2v) is 8.01. The van der Waals surface area contributed by atoms with Crippen LogP contribution in [0.5, 0.6) is 0 Å².